The van der Waals surface area contributed by atoms with Gasteiger partial charge in [-0.3, -0.25) is 4.90 Å². The fourth-order valence-electron chi connectivity index (χ4n) is 2.57. The Kier molecular flexibility index (Phi) is 5.12. The summed E-state index contributed by atoms with van der Waals surface area (Å²) < 4.78 is 7.45. The van der Waals surface area contributed by atoms with Crippen LogP contribution in [0.4, 0.5) is 0 Å². The molecule has 0 radical (unpaired) electrons. The molecule has 6 heteroatoms. The molecule has 5 nitrogen and oxygen atoms in total. The van der Waals surface area contributed by atoms with E-state index in [9.17, 15) is 0 Å². The maximum absolute atomic E-state index is 5.37. The third kappa shape index (κ3) is 3.69. The summed E-state index contributed by atoms with van der Waals surface area (Å²) in [5.74, 6) is 1.96. The van der Waals surface area contributed by atoms with E-state index < -0.39 is 0 Å². The summed E-state index contributed by atoms with van der Waals surface area (Å²) in [6.07, 6.45) is 0. The largest absolute Gasteiger partial charge is 0.379 e. The van der Waals surface area contributed by atoms with Crippen LogP contribution in [0.2, 0.25) is 0 Å². The molecular weight excluding hydrogens is 296 g/mol. The van der Waals surface area contributed by atoms with Gasteiger partial charge >= 0.3 is 0 Å². The molecule has 1 aromatic heterocycles. The number of hydrogen-bond acceptors (Lipinski definition) is 5. The van der Waals surface area contributed by atoms with Crippen molar-refractivity contribution in [1.82, 2.24) is 19.7 Å². The molecule has 0 spiro atoms. The van der Waals surface area contributed by atoms with Crippen LogP contribution < -0.4 is 0 Å². The minimum absolute atomic E-state index is 0.853. The second kappa shape index (κ2) is 7.26. The Balaban J connectivity index is 1.61. The van der Waals surface area contributed by atoms with Crippen LogP contribution in [-0.4, -0.2) is 58.3 Å². The average Bonchev–Trinajstić information content (AvgIpc) is 2.90. The predicted molar refractivity (Wildman–Crippen MR) is 89.2 cm³/mol. The molecule has 2 heterocycles. The van der Waals surface area contributed by atoms with E-state index in [1.807, 2.05) is 7.05 Å². The van der Waals surface area contributed by atoms with Gasteiger partial charge in [-0.1, -0.05) is 35.5 Å². The van der Waals surface area contributed by atoms with Crippen LogP contribution in [0.15, 0.2) is 29.4 Å². The number of morpholine rings is 1. The topological polar surface area (TPSA) is 43.2 Å². The molecule has 0 amide bonds. The van der Waals surface area contributed by atoms with Crippen molar-refractivity contribution in [3.63, 3.8) is 0 Å². The first kappa shape index (κ1) is 15.5. The lowest BCUT2D eigenvalue weighted by Gasteiger charge is -2.26. The molecule has 1 aliphatic rings. The quantitative estimate of drug-likeness (QED) is 0.791. The van der Waals surface area contributed by atoms with Gasteiger partial charge in [-0.15, -0.1) is 10.2 Å². The van der Waals surface area contributed by atoms with Gasteiger partial charge in [0.1, 0.15) is 0 Å². The van der Waals surface area contributed by atoms with Crippen LogP contribution in [0, 0.1) is 6.92 Å². The first-order valence-electron chi connectivity index (χ1n) is 7.63. The van der Waals surface area contributed by atoms with Crippen molar-refractivity contribution in [3.8, 4) is 11.4 Å². The molecule has 3 rings (SSSR count). The molecule has 1 fully saturated rings. The van der Waals surface area contributed by atoms with Gasteiger partial charge < -0.3 is 9.30 Å². The highest BCUT2D eigenvalue weighted by molar-refractivity contribution is 7.99. The van der Waals surface area contributed by atoms with Gasteiger partial charge in [0.05, 0.1) is 13.2 Å². The molecule has 0 N–H and O–H groups in total. The van der Waals surface area contributed by atoms with E-state index in [1.54, 1.807) is 11.8 Å². The molecule has 1 saturated heterocycles. The second-order valence-electron chi connectivity index (χ2n) is 5.54. The van der Waals surface area contributed by atoms with E-state index >= 15 is 0 Å². The first-order valence-corrected chi connectivity index (χ1v) is 8.62. The summed E-state index contributed by atoms with van der Waals surface area (Å²) >= 11 is 1.77. The van der Waals surface area contributed by atoms with Gasteiger partial charge in [0.15, 0.2) is 11.0 Å². The van der Waals surface area contributed by atoms with Crippen molar-refractivity contribution in [2.45, 2.75) is 12.1 Å². The fourth-order valence-corrected chi connectivity index (χ4v) is 3.48. The van der Waals surface area contributed by atoms with Crippen LogP contribution in [0.25, 0.3) is 11.4 Å². The smallest absolute Gasteiger partial charge is 0.191 e. The van der Waals surface area contributed by atoms with Crippen molar-refractivity contribution in [1.29, 1.82) is 0 Å². The first-order chi connectivity index (χ1) is 10.7. The number of ether oxygens (including phenoxy) is 1. The van der Waals surface area contributed by atoms with Crippen LogP contribution in [0.3, 0.4) is 0 Å². The fraction of sp³-hybridized carbons (Fsp3) is 0.500. The number of nitrogens with zero attached hydrogens (tertiary/aromatic N) is 4. The zero-order valence-corrected chi connectivity index (χ0v) is 14.0. The number of thioether (sulfide) groups is 1. The van der Waals surface area contributed by atoms with Crippen LogP contribution in [0.1, 0.15) is 5.56 Å². The highest BCUT2D eigenvalue weighted by Gasteiger charge is 2.13. The molecule has 0 unspecified atom stereocenters. The maximum Gasteiger partial charge on any atom is 0.191 e. The minimum atomic E-state index is 0.853. The zero-order chi connectivity index (χ0) is 15.4. The second-order valence-corrected chi connectivity index (χ2v) is 6.60. The standard InChI is InChI=1S/C16H22N4OS/c1-13-4-3-5-14(12-13)15-17-18-16(19(15)2)22-11-8-20-6-9-21-10-7-20/h3-5,12H,6-11H2,1-2H3. The van der Waals surface area contributed by atoms with Crippen LogP contribution in [0.5, 0.6) is 0 Å². The van der Waals surface area contributed by atoms with E-state index in [0.717, 1.165) is 55.1 Å². The van der Waals surface area contributed by atoms with Crippen LogP contribution >= 0.6 is 11.8 Å². The highest BCUT2D eigenvalue weighted by Crippen LogP contribution is 2.23. The van der Waals surface area contributed by atoms with Gasteiger partial charge in [0.2, 0.25) is 0 Å². The third-order valence-corrected chi connectivity index (χ3v) is 4.85. The molecular formula is C16H22N4OS. The predicted octanol–water partition coefficient (Wildman–Crippen LogP) is 2.21. The molecule has 0 aliphatic carbocycles. The Morgan fingerprint density at radius 3 is 2.82 bits per heavy atom. The lowest BCUT2D eigenvalue weighted by atomic mass is 10.1. The average molecular weight is 318 g/mol. The monoisotopic (exact) mass is 318 g/mol. The molecule has 1 aliphatic heterocycles. The summed E-state index contributed by atoms with van der Waals surface area (Å²) in [5, 5.41) is 9.66. The van der Waals surface area contributed by atoms with Crippen molar-refractivity contribution in [3.05, 3.63) is 29.8 Å². The lowest BCUT2D eigenvalue weighted by Crippen LogP contribution is -2.37. The Hall–Kier alpha value is -1.37. The Bertz CT molecular complexity index is 622. The Morgan fingerprint density at radius 1 is 1.23 bits per heavy atom. The molecule has 0 saturated carbocycles. The van der Waals surface area contributed by atoms with Crippen molar-refractivity contribution in [2.75, 3.05) is 38.6 Å². The Morgan fingerprint density at radius 2 is 2.05 bits per heavy atom. The van der Waals surface area contributed by atoms with Crippen molar-refractivity contribution in [2.24, 2.45) is 7.05 Å². The summed E-state index contributed by atoms with van der Waals surface area (Å²) in [5.41, 5.74) is 2.36. The molecule has 2 aromatic rings. The third-order valence-electron chi connectivity index (χ3n) is 3.85. The number of rotatable bonds is 5. The number of aromatic nitrogens is 3. The summed E-state index contributed by atoms with van der Waals surface area (Å²) in [7, 11) is 2.04. The van der Waals surface area contributed by atoms with E-state index in [-0.39, 0.29) is 0 Å². The maximum atomic E-state index is 5.37. The number of hydrogen-bond donors (Lipinski definition) is 0. The summed E-state index contributed by atoms with van der Waals surface area (Å²) in [6, 6.07) is 8.38. The summed E-state index contributed by atoms with van der Waals surface area (Å²) in [6.45, 7) is 6.94. The molecule has 0 atom stereocenters. The molecule has 22 heavy (non-hydrogen) atoms. The van der Waals surface area contributed by atoms with E-state index in [2.05, 4.69) is 50.9 Å². The van der Waals surface area contributed by atoms with Gasteiger partial charge in [0.25, 0.3) is 0 Å². The van der Waals surface area contributed by atoms with E-state index in [4.69, 9.17) is 4.74 Å². The molecule has 118 valence electrons. The normalized spacial score (nSPS) is 16.1. The Labute approximate surface area is 135 Å². The van der Waals surface area contributed by atoms with Crippen LogP contribution in [-0.2, 0) is 11.8 Å². The number of benzene rings is 1. The minimum Gasteiger partial charge on any atom is -0.379 e. The van der Waals surface area contributed by atoms with Gasteiger partial charge in [-0.2, -0.15) is 0 Å². The lowest BCUT2D eigenvalue weighted by molar-refractivity contribution is 0.0410. The SMILES string of the molecule is Cc1cccc(-c2nnc(SCCN3CCOCC3)n2C)c1. The van der Waals surface area contributed by atoms with Crippen molar-refractivity contribution >= 4 is 11.8 Å². The highest BCUT2D eigenvalue weighted by atomic mass is 32.2. The zero-order valence-electron chi connectivity index (χ0n) is 13.2. The van der Waals surface area contributed by atoms with E-state index in [0.29, 0.717) is 0 Å². The van der Waals surface area contributed by atoms with Crippen molar-refractivity contribution < 1.29 is 4.74 Å². The summed E-state index contributed by atoms with van der Waals surface area (Å²) in [4.78, 5) is 2.44. The van der Waals surface area contributed by atoms with Gasteiger partial charge in [-0.25, -0.2) is 0 Å². The van der Waals surface area contributed by atoms with E-state index in [1.165, 1.54) is 5.56 Å². The number of aryl methyl sites for hydroxylation is 1. The molecule has 0 bridgehead atoms. The van der Waals surface area contributed by atoms with Gasteiger partial charge in [-0.05, 0) is 13.0 Å². The molecule has 1 aromatic carbocycles. The van der Waals surface area contributed by atoms with Gasteiger partial charge in [0, 0.05) is 38.0 Å².